The van der Waals surface area contributed by atoms with Gasteiger partial charge in [0, 0.05) is 11.6 Å². The largest absolute Gasteiger partial charge is 0.482 e. The summed E-state index contributed by atoms with van der Waals surface area (Å²) in [5.74, 6) is 0.644. The molecule has 0 bridgehead atoms. The minimum atomic E-state index is 0.456. The van der Waals surface area contributed by atoms with Crippen LogP contribution in [0.25, 0.3) is 11.0 Å². The smallest absolute Gasteiger partial charge is 0.216 e. The van der Waals surface area contributed by atoms with Crippen molar-refractivity contribution in [3.63, 3.8) is 0 Å². The molecule has 3 aromatic rings. The molecule has 1 aromatic carbocycles. The molecule has 0 amide bonds. The molecule has 0 aliphatic heterocycles. The number of nitrogens with zero attached hydrogens (tertiary/aromatic N) is 1. The van der Waals surface area contributed by atoms with Crippen LogP contribution in [0.4, 0.5) is 0 Å². The van der Waals surface area contributed by atoms with Crippen molar-refractivity contribution in [2.75, 3.05) is 0 Å². The van der Waals surface area contributed by atoms with Gasteiger partial charge >= 0.3 is 0 Å². The van der Waals surface area contributed by atoms with Crippen molar-refractivity contribution >= 4 is 22.3 Å². The SMILES string of the molecule is [c]1oc2ccccc2c1OCc1nccs1. The molecule has 1 radical (unpaired) electrons. The Kier molecular flexibility index (Phi) is 2.34. The summed E-state index contributed by atoms with van der Waals surface area (Å²) in [5, 5.41) is 3.81. The lowest BCUT2D eigenvalue weighted by atomic mass is 10.2. The van der Waals surface area contributed by atoms with Crippen molar-refractivity contribution in [2.45, 2.75) is 6.61 Å². The molecule has 2 heterocycles. The third kappa shape index (κ3) is 1.67. The molecule has 3 nitrogen and oxygen atoms in total. The molecular weight excluding hydrogens is 222 g/mol. The number of benzene rings is 1. The predicted molar refractivity (Wildman–Crippen MR) is 61.5 cm³/mol. The fraction of sp³-hybridized carbons (Fsp3) is 0.0833. The van der Waals surface area contributed by atoms with Gasteiger partial charge in [0.2, 0.25) is 6.26 Å². The first-order valence-electron chi connectivity index (χ1n) is 4.84. The van der Waals surface area contributed by atoms with Crippen molar-refractivity contribution in [3.8, 4) is 5.75 Å². The Hall–Kier alpha value is -1.81. The van der Waals surface area contributed by atoms with Crippen LogP contribution in [0.15, 0.2) is 40.3 Å². The van der Waals surface area contributed by atoms with Crippen LogP contribution in [-0.2, 0) is 6.61 Å². The highest BCUT2D eigenvalue weighted by atomic mass is 32.1. The molecule has 2 aromatic heterocycles. The highest BCUT2D eigenvalue weighted by molar-refractivity contribution is 7.09. The number of fused-ring (bicyclic) bond motifs is 1. The highest BCUT2D eigenvalue weighted by Gasteiger charge is 2.07. The number of rotatable bonds is 3. The van der Waals surface area contributed by atoms with Gasteiger partial charge < -0.3 is 9.15 Å². The summed E-state index contributed by atoms with van der Waals surface area (Å²) in [6.45, 7) is 0.456. The van der Waals surface area contributed by atoms with Crippen LogP contribution in [-0.4, -0.2) is 4.98 Å². The number of para-hydroxylation sites is 1. The summed E-state index contributed by atoms with van der Waals surface area (Å²) in [6.07, 6.45) is 4.52. The standard InChI is InChI=1S/C12H8NO2S/c1-2-4-10-9(3-1)11(7-14-10)15-8-12-13-5-6-16-12/h1-6H,8H2. The number of aromatic nitrogens is 1. The second kappa shape index (κ2) is 3.98. The monoisotopic (exact) mass is 230 g/mol. The van der Waals surface area contributed by atoms with E-state index in [0.717, 1.165) is 16.0 Å². The van der Waals surface area contributed by atoms with Gasteiger partial charge in [-0.1, -0.05) is 12.1 Å². The molecule has 4 heteroatoms. The molecule has 0 aliphatic carbocycles. The lowest BCUT2D eigenvalue weighted by Gasteiger charge is -1.99. The van der Waals surface area contributed by atoms with Gasteiger partial charge in [0.1, 0.15) is 17.2 Å². The zero-order valence-corrected chi connectivity index (χ0v) is 9.16. The topological polar surface area (TPSA) is 35.3 Å². The van der Waals surface area contributed by atoms with Crippen LogP contribution < -0.4 is 4.74 Å². The van der Waals surface area contributed by atoms with Crippen molar-refractivity contribution in [1.29, 1.82) is 0 Å². The van der Waals surface area contributed by atoms with Gasteiger partial charge in [-0.2, -0.15) is 0 Å². The minimum absolute atomic E-state index is 0.456. The third-order valence-corrected chi connectivity index (χ3v) is 2.96. The van der Waals surface area contributed by atoms with Gasteiger partial charge in [-0.3, -0.25) is 0 Å². The highest BCUT2D eigenvalue weighted by Crippen LogP contribution is 2.27. The number of furan rings is 1. The van der Waals surface area contributed by atoms with Gasteiger partial charge in [0.25, 0.3) is 0 Å². The molecule has 0 aliphatic rings. The molecule has 16 heavy (non-hydrogen) atoms. The lowest BCUT2D eigenvalue weighted by molar-refractivity contribution is 0.303. The summed E-state index contributed by atoms with van der Waals surface area (Å²) in [4.78, 5) is 4.14. The van der Waals surface area contributed by atoms with E-state index in [1.54, 1.807) is 17.5 Å². The molecule has 0 saturated carbocycles. The zero-order chi connectivity index (χ0) is 10.8. The second-order valence-electron chi connectivity index (χ2n) is 3.24. The van der Waals surface area contributed by atoms with Crippen molar-refractivity contribution in [1.82, 2.24) is 4.98 Å². The predicted octanol–water partition coefficient (Wildman–Crippen LogP) is 3.27. The van der Waals surface area contributed by atoms with Crippen LogP contribution in [0.2, 0.25) is 0 Å². The summed E-state index contributed by atoms with van der Waals surface area (Å²) in [5.41, 5.74) is 0.789. The number of hydrogen-bond acceptors (Lipinski definition) is 4. The normalized spacial score (nSPS) is 10.8. The van der Waals surface area contributed by atoms with E-state index >= 15 is 0 Å². The molecule has 0 fully saturated rings. The van der Waals surface area contributed by atoms with Crippen molar-refractivity contribution in [2.24, 2.45) is 0 Å². The average molecular weight is 230 g/mol. The molecule has 79 valence electrons. The van der Waals surface area contributed by atoms with Crippen molar-refractivity contribution < 1.29 is 9.15 Å². The van der Waals surface area contributed by atoms with Gasteiger partial charge in [-0.25, -0.2) is 4.98 Å². The Labute approximate surface area is 96.3 Å². The summed E-state index contributed by atoms with van der Waals surface area (Å²) >= 11 is 1.57. The summed E-state index contributed by atoms with van der Waals surface area (Å²) < 4.78 is 10.9. The number of thiazole rings is 1. The van der Waals surface area contributed by atoms with Crippen LogP contribution in [0.1, 0.15) is 5.01 Å². The van der Waals surface area contributed by atoms with E-state index in [2.05, 4.69) is 11.2 Å². The number of hydrogen-bond donors (Lipinski definition) is 0. The van der Waals surface area contributed by atoms with E-state index in [1.165, 1.54) is 0 Å². The van der Waals surface area contributed by atoms with Gasteiger partial charge in [0.15, 0.2) is 5.75 Å². The first-order valence-corrected chi connectivity index (χ1v) is 5.72. The van der Waals surface area contributed by atoms with Crippen LogP contribution in [0.5, 0.6) is 5.75 Å². The van der Waals surface area contributed by atoms with Crippen LogP contribution in [0, 0.1) is 6.26 Å². The fourth-order valence-electron chi connectivity index (χ4n) is 1.46. The molecule has 0 atom stereocenters. The second-order valence-corrected chi connectivity index (χ2v) is 4.22. The van der Waals surface area contributed by atoms with Gasteiger partial charge in [-0.15, -0.1) is 11.3 Å². The first-order chi connectivity index (χ1) is 7.93. The van der Waals surface area contributed by atoms with Gasteiger partial charge in [-0.05, 0) is 12.1 Å². The molecule has 0 N–H and O–H groups in total. The maximum Gasteiger partial charge on any atom is 0.216 e. The number of ether oxygens (including phenoxy) is 1. The van der Waals surface area contributed by atoms with E-state index in [-0.39, 0.29) is 0 Å². The van der Waals surface area contributed by atoms with Crippen LogP contribution in [0.3, 0.4) is 0 Å². The maximum atomic E-state index is 5.60. The van der Waals surface area contributed by atoms with E-state index in [9.17, 15) is 0 Å². The van der Waals surface area contributed by atoms with Gasteiger partial charge in [0.05, 0.1) is 5.39 Å². The van der Waals surface area contributed by atoms with E-state index in [0.29, 0.717) is 12.4 Å². The quantitative estimate of drug-likeness (QED) is 0.692. The van der Waals surface area contributed by atoms with E-state index in [4.69, 9.17) is 9.15 Å². The Bertz CT molecular complexity index is 586. The molecular formula is C12H8NO2S. The van der Waals surface area contributed by atoms with Crippen molar-refractivity contribution in [3.05, 3.63) is 47.1 Å². The summed E-state index contributed by atoms with van der Waals surface area (Å²) in [7, 11) is 0. The Morgan fingerprint density at radius 3 is 3.19 bits per heavy atom. The lowest BCUT2D eigenvalue weighted by Crippen LogP contribution is -1.93. The Morgan fingerprint density at radius 2 is 2.31 bits per heavy atom. The third-order valence-electron chi connectivity index (χ3n) is 2.21. The fourth-order valence-corrected chi connectivity index (χ4v) is 1.99. The first kappa shape index (κ1) is 9.42. The molecule has 0 saturated heterocycles. The van der Waals surface area contributed by atoms with E-state index in [1.807, 2.05) is 29.6 Å². The van der Waals surface area contributed by atoms with E-state index < -0.39 is 0 Å². The zero-order valence-electron chi connectivity index (χ0n) is 8.34. The van der Waals surface area contributed by atoms with Crippen LogP contribution >= 0.6 is 11.3 Å². The molecule has 0 spiro atoms. The molecule has 3 rings (SSSR count). The average Bonchev–Trinajstić information content (AvgIpc) is 2.96. The molecule has 0 unspecified atom stereocenters. The Balaban J connectivity index is 1.84. The summed E-state index contributed by atoms with van der Waals surface area (Å²) in [6, 6.07) is 7.71. The minimum Gasteiger partial charge on any atom is -0.482 e. The Morgan fingerprint density at radius 1 is 1.38 bits per heavy atom. The maximum absolute atomic E-state index is 5.60.